The Hall–Kier alpha value is -0.273. The number of hydrogen-bond acceptors (Lipinski definition) is 0. The van der Waals surface area contributed by atoms with Gasteiger partial charge >= 0.3 is 0 Å². The minimum atomic E-state index is -1.65. The van der Waals surface area contributed by atoms with Crippen LogP contribution in [0.3, 0.4) is 0 Å². The van der Waals surface area contributed by atoms with Gasteiger partial charge in [-0.3, -0.25) is 0 Å². The van der Waals surface area contributed by atoms with Gasteiger partial charge in [-0.05, 0) is 17.3 Å². The van der Waals surface area contributed by atoms with Crippen molar-refractivity contribution >= 4 is 23.6 Å². The van der Waals surface area contributed by atoms with Gasteiger partial charge in [0.15, 0.2) is 7.38 Å². The molecule has 1 rings (SSSR count). The van der Waals surface area contributed by atoms with Crippen molar-refractivity contribution < 1.29 is 0 Å². The monoisotopic (exact) mass is 226 g/mol. The molecule has 0 radical (unpaired) electrons. The van der Waals surface area contributed by atoms with E-state index in [0.29, 0.717) is 0 Å². The van der Waals surface area contributed by atoms with Gasteiger partial charge in [0.2, 0.25) is 0 Å². The second-order valence-electron chi connectivity index (χ2n) is 3.79. The summed E-state index contributed by atoms with van der Waals surface area (Å²) in [5, 5.41) is 1.40. The first kappa shape index (κ1) is 11.8. The predicted molar refractivity (Wildman–Crippen MR) is 67.9 cm³/mol. The highest BCUT2D eigenvalue weighted by atomic mass is 35.6. The molecule has 0 amide bonds. The van der Waals surface area contributed by atoms with E-state index in [4.69, 9.17) is 11.1 Å². The van der Waals surface area contributed by atoms with E-state index in [-0.39, 0.29) is 0 Å². The fourth-order valence-corrected chi connectivity index (χ4v) is 5.25. The summed E-state index contributed by atoms with van der Waals surface area (Å²) < 4.78 is 0. The quantitative estimate of drug-likeness (QED) is 0.528. The Kier molecular flexibility index (Phi) is 4.69. The lowest BCUT2D eigenvalue weighted by atomic mass is 10.4. The van der Waals surface area contributed by atoms with Gasteiger partial charge < -0.3 is 0 Å². The van der Waals surface area contributed by atoms with E-state index in [2.05, 4.69) is 44.2 Å². The van der Waals surface area contributed by atoms with Gasteiger partial charge in [-0.25, -0.2) is 0 Å². The summed E-state index contributed by atoms with van der Waals surface area (Å²) >= 11 is 6.77. The van der Waals surface area contributed by atoms with E-state index in [9.17, 15) is 0 Å². The Bertz CT molecular complexity index is 260. The van der Waals surface area contributed by atoms with Crippen molar-refractivity contribution in [2.45, 2.75) is 38.8 Å². The van der Waals surface area contributed by atoms with Gasteiger partial charge in [-0.1, -0.05) is 57.0 Å². The molecule has 78 valence electrons. The van der Waals surface area contributed by atoms with Crippen molar-refractivity contribution in [3.63, 3.8) is 0 Å². The Morgan fingerprint density at radius 3 is 2.29 bits per heavy atom. The molecule has 1 unspecified atom stereocenters. The summed E-state index contributed by atoms with van der Waals surface area (Å²) in [7, 11) is -1.65. The molecule has 1 aromatic carbocycles. The summed E-state index contributed by atoms with van der Waals surface area (Å²) in [6, 6.07) is 13.0. The van der Waals surface area contributed by atoms with Crippen LogP contribution in [0.5, 0.6) is 0 Å². The first-order valence-electron chi connectivity index (χ1n) is 5.47. The molecule has 0 aliphatic rings. The van der Waals surface area contributed by atoms with Crippen LogP contribution in [0.25, 0.3) is 0 Å². The fourth-order valence-electron chi connectivity index (χ4n) is 1.72. The van der Waals surface area contributed by atoms with Gasteiger partial charge in [0, 0.05) is 0 Å². The van der Waals surface area contributed by atoms with Gasteiger partial charge in [-0.2, -0.15) is 11.1 Å². The molecule has 0 spiro atoms. The van der Waals surface area contributed by atoms with E-state index in [0.717, 1.165) is 6.04 Å². The largest absolute Gasteiger partial charge is 0.186 e. The van der Waals surface area contributed by atoms with E-state index in [1.54, 1.807) is 0 Å². The zero-order chi connectivity index (χ0) is 10.4. The van der Waals surface area contributed by atoms with Crippen LogP contribution in [0.4, 0.5) is 0 Å². The van der Waals surface area contributed by atoms with Crippen molar-refractivity contribution in [3.05, 3.63) is 30.3 Å². The predicted octanol–water partition coefficient (Wildman–Crippen LogP) is 3.90. The average molecular weight is 227 g/mol. The van der Waals surface area contributed by atoms with Crippen LogP contribution in [0.1, 0.15) is 26.7 Å². The molecule has 0 aliphatic heterocycles. The first-order chi connectivity index (χ1) is 6.73. The van der Waals surface area contributed by atoms with Gasteiger partial charge in [0.1, 0.15) is 0 Å². The molecule has 2 heteroatoms. The normalized spacial score (nSPS) is 15.1. The van der Waals surface area contributed by atoms with Crippen molar-refractivity contribution in [1.82, 2.24) is 0 Å². The van der Waals surface area contributed by atoms with Gasteiger partial charge in [0.05, 0.1) is 0 Å². The van der Waals surface area contributed by atoms with Crippen LogP contribution >= 0.6 is 11.1 Å². The second-order valence-corrected chi connectivity index (χ2v) is 9.67. The second kappa shape index (κ2) is 5.57. The highest BCUT2D eigenvalue weighted by molar-refractivity contribution is 7.27. The van der Waals surface area contributed by atoms with Crippen molar-refractivity contribution in [3.8, 4) is 0 Å². The highest BCUT2D eigenvalue weighted by Gasteiger charge is 2.29. The third-order valence-corrected chi connectivity index (χ3v) is 8.44. The molecule has 0 heterocycles. The maximum absolute atomic E-state index is 6.77. The average Bonchev–Trinajstić information content (AvgIpc) is 2.27. The van der Waals surface area contributed by atoms with E-state index in [1.165, 1.54) is 24.1 Å². The standard InChI is InChI=1S/C12H19ClSi/c1-3-5-11-14(13,4-2)12-9-7-6-8-10-12/h6-10H,3-5,11H2,1-2H3. The maximum Gasteiger partial charge on any atom is 0.186 e. The molecule has 0 N–H and O–H groups in total. The third-order valence-electron chi connectivity index (χ3n) is 2.78. The highest BCUT2D eigenvalue weighted by Crippen LogP contribution is 2.22. The summed E-state index contributed by atoms with van der Waals surface area (Å²) in [5.41, 5.74) is 0. The Morgan fingerprint density at radius 1 is 1.14 bits per heavy atom. The summed E-state index contributed by atoms with van der Waals surface area (Å²) in [6.45, 7) is 4.45. The molecule has 0 saturated heterocycles. The SMILES string of the molecule is CCCC[Si](Cl)(CC)c1ccccc1. The van der Waals surface area contributed by atoms with E-state index >= 15 is 0 Å². The Morgan fingerprint density at radius 2 is 1.79 bits per heavy atom. The molecular formula is C12H19ClSi. The van der Waals surface area contributed by atoms with Crippen LogP contribution in [0, 0.1) is 0 Å². The molecule has 1 atom stereocenters. The molecule has 0 aliphatic carbocycles. The molecule has 1 aromatic rings. The number of benzene rings is 1. The van der Waals surface area contributed by atoms with Crippen LogP contribution < -0.4 is 5.19 Å². The van der Waals surface area contributed by atoms with Gasteiger partial charge in [-0.15, -0.1) is 0 Å². The number of halogens is 1. The molecule has 14 heavy (non-hydrogen) atoms. The lowest BCUT2D eigenvalue weighted by Gasteiger charge is -2.23. The lowest BCUT2D eigenvalue weighted by Crippen LogP contribution is -2.41. The van der Waals surface area contributed by atoms with Crippen LogP contribution in [-0.4, -0.2) is 7.38 Å². The van der Waals surface area contributed by atoms with Crippen molar-refractivity contribution in [2.75, 3.05) is 0 Å². The third kappa shape index (κ3) is 2.86. The molecule has 0 nitrogen and oxygen atoms in total. The van der Waals surface area contributed by atoms with E-state index in [1.807, 2.05) is 0 Å². The topological polar surface area (TPSA) is 0 Å². The number of rotatable bonds is 5. The van der Waals surface area contributed by atoms with Crippen LogP contribution in [-0.2, 0) is 0 Å². The number of unbranched alkanes of at least 4 members (excludes halogenated alkanes) is 1. The van der Waals surface area contributed by atoms with Crippen LogP contribution in [0.2, 0.25) is 12.1 Å². The Balaban J connectivity index is 2.79. The molecule has 0 aromatic heterocycles. The zero-order valence-electron chi connectivity index (χ0n) is 9.09. The van der Waals surface area contributed by atoms with Crippen molar-refractivity contribution in [1.29, 1.82) is 0 Å². The molecular weight excluding hydrogens is 208 g/mol. The number of hydrogen-bond donors (Lipinski definition) is 0. The minimum absolute atomic E-state index is 1.14. The smallest absolute Gasteiger partial charge is 0.161 e. The molecule has 0 fully saturated rings. The van der Waals surface area contributed by atoms with Crippen molar-refractivity contribution in [2.24, 2.45) is 0 Å². The summed E-state index contributed by atoms with van der Waals surface area (Å²) in [4.78, 5) is 0. The summed E-state index contributed by atoms with van der Waals surface area (Å²) in [5.74, 6) is 0. The maximum atomic E-state index is 6.77. The lowest BCUT2D eigenvalue weighted by molar-refractivity contribution is 0.871. The summed E-state index contributed by atoms with van der Waals surface area (Å²) in [6.07, 6.45) is 2.51. The molecule has 0 bridgehead atoms. The molecule has 0 saturated carbocycles. The zero-order valence-corrected chi connectivity index (χ0v) is 10.8. The Labute approximate surface area is 93.0 Å². The van der Waals surface area contributed by atoms with Gasteiger partial charge in [0.25, 0.3) is 0 Å². The van der Waals surface area contributed by atoms with Crippen LogP contribution in [0.15, 0.2) is 30.3 Å². The first-order valence-corrected chi connectivity index (χ1v) is 8.90. The minimum Gasteiger partial charge on any atom is -0.161 e. The fraction of sp³-hybridized carbons (Fsp3) is 0.500. The van der Waals surface area contributed by atoms with E-state index < -0.39 is 7.38 Å².